The van der Waals surface area contributed by atoms with Crippen molar-refractivity contribution in [3.8, 4) is 17.1 Å². The van der Waals surface area contributed by atoms with Gasteiger partial charge in [-0.05, 0) is 31.2 Å². The van der Waals surface area contributed by atoms with Gasteiger partial charge in [-0.1, -0.05) is 41.9 Å². The van der Waals surface area contributed by atoms with Gasteiger partial charge >= 0.3 is 0 Å². The Balaban J connectivity index is 2.08. The fourth-order valence-electron chi connectivity index (χ4n) is 2.25. The van der Waals surface area contributed by atoms with E-state index in [1.165, 1.54) is 0 Å². The van der Waals surface area contributed by atoms with Crippen LogP contribution in [0.4, 0.5) is 5.95 Å². The van der Waals surface area contributed by atoms with Crippen LogP contribution < -0.4 is 5.32 Å². The minimum absolute atomic E-state index is 0.389. The molecule has 2 N–H and O–H groups in total. The summed E-state index contributed by atoms with van der Waals surface area (Å²) >= 11 is 5.98. The zero-order valence-corrected chi connectivity index (χ0v) is 13.4. The summed E-state index contributed by atoms with van der Waals surface area (Å²) in [6.45, 7) is 2.11. The van der Waals surface area contributed by atoms with E-state index in [2.05, 4.69) is 15.5 Å². The summed E-state index contributed by atoms with van der Waals surface area (Å²) in [7, 11) is 0. The van der Waals surface area contributed by atoms with Gasteiger partial charge in [0, 0.05) is 17.1 Å². The molecule has 0 aliphatic rings. The average molecular weight is 329 g/mol. The standard InChI is InChI=1S/C17H17ClN4O/c1-12(23)11-19-17-21-20-16(13-5-3-2-4-6-13)22(17)15-9-7-14(18)8-10-15/h2-10,12,23H,11H2,1H3,(H,19,21). The predicted octanol–water partition coefficient (Wildman–Crippen LogP) is 3.38. The van der Waals surface area contributed by atoms with E-state index < -0.39 is 6.10 Å². The molecular formula is C17H17ClN4O. The summed E-state index contributed by atoms with van der Waals surface area (Å²) < 4.78 is 1.91. The Morgan fingerprint density at radius 1 is 1.09 bits per heavy atom. The van der Waals surface area contributed by atoms with Crippen molar-refractivity contribution in [1.82, 2.24) is 14.8 Å². The molecule has 3 aromatic rings. The van der Waals surface area contributed by atoms with Crippen LogP contribution in [-0.4, -0.2) is 32.5 Å². The van der Waals surface area contributed by atoms with Crippen LogP contribution in [0.2, 0.25) is 5.02 Å². The fourth-order valence-corrected chi connectivity index (χ4v) is 2.37. The topological polar surface area (TPSA) is 63.0 Å². The molecule has 0 saturated heterocycles. The number of aliphatic hydroxyl groups excluding tert-OH is 1. The summed E-state index contributed by atoms with van der Waals surface area (Å²) in [6, 6.07) is 17.3. The van der Waals surface area contributed by atoms with Crippen LogP contribution in [0.25, 0.3) is 17.1 Å². The Bertz CT molecular complexity index is 769. The van der Waals surface area contributed by atoms with Crippen molar-refractivity contribution in [1.29, 1.82) is 0 Å². The highest BCUT2D eigenvalue weighted by atomic mass is 35.5. The van der Waals surface area contributed by atoms with Crippen LogP contribution in [0.3, 0.4) is 0 Å². The van der Waals surface area contributed by atoms with Crippen LogP contribution in [0.15, 0.2) is 54.6 Å². The molecule has 5 nitrogen and oxygen atoms in total. The lowest BCUT2D eigenvalue weighted by Gasteiger charge is -2.12. The number of aromatic nitrogens is 3. The molecule has 0 aliphatic heterocycles. The number of benzene rings is 2. The smallest absolute Gasteiger partial charge is 0.229 e. The van der Waals surface area contributed by atoms with E-state index >= 15 is 0 Å². The van der Waals surface area contributed by atoms with E-state index in [0.29, 0.717) is 17.5 Å². The van der Waals surface area contributed by atoms with Crippen LogP contribution in [0, 0.1) is 0 Å². The fraction of sp³-hybridized carbons (Fsp3) is 0.176. The summed E-state index contributed by atoms with van der Waals surface area (Å²) in [6.07, 6.45) is -0.481. The minimum Gasteiger partial charge on any atom is -0.392 e. The molecule has 0 spiro atoms. The molecule has 0 bridgehead atoms. The molecule has 6 heteroatoms. The zero-order valence-electron chi connectivity index (χ0n) is 12.6. The first-order valence-electron chi connectivity index (χ1n) is 7.34. The minimum atomic E-state index is -0.481. The average Bonchev–Trinajstić information content (AvgIpc) is 2.98. The number of halogens is 1. The Hall–Kier alpha value is -2.37. The zero-order chi connectivity index (χ0) is 16.2. The summed E-state index contributed by atoms with van der Waals surface area (Å²) in [5, 5.41) is 21.8. The molecule has 23 heavy (non-hydrogen) atoms. The Kier molecular flexibility index (Phi) is 4.60. The molecule has 3 rings (SSSR count). The molecule has 0 amide bonds. The number of anilines is 1. The van der Waals surface area contributed by atoms with E-state index in [0.717, 1.165) is 17.1 Å². The van der Waals surface area contributed by atoms with E-state index in [4.69, 9.17) is 11.6 Å². The first kappa shape index (κ1) is 15.5. The van der Waals surface area contributed by atoms with Gasteiger partial charge in [-0.2, -0.15) is 0 Å². The molecule has 1 heterocycles. The third kappa shape index (κ3) is 3.52. The number of rotatable bonds is 5. The van der Waals surface area contributed by atoms with Crippen molar-refractivity contribution in [2.24, 2.45) is 0 Å². The first-order chi connectivity index (χ1) is 11.1. The Labute approximate surface area is 139 Å². The molecule has 0 fully saturated rings. The molecule has 1 atom stereocenters. The molecule has 2 aromatic carbocycles. The van der Waals surface area contributed by atoms with Gasteiger partial charge in [0.15, 0.2) is 5.82 Å². The Morgan fingerprint density at radius 3 is 2.43 bits per heavy atom. The maximum Gasteiger partial charge on any atom is 0.229 e. The second-order valence-corrected chi connectivity index (χ2v) is 5.69. The van der Waals surface area contributed by atoms with Gasteiger partial charge in [-0.15, -0.1) is 10.2 Å². The normalized spacial score (nSPS) is 12.1. The number of hydrogen-bond donors (Lipinski definition) is 2. The largest absolute Gasteiger partial charge is 0.392 e. The van der Waals surface area contributed by atoms with E-state index in [-0.39, 0.29) is 0 Å². The lowest BCUT2D eigenvalue weighted by Crippen LogP contribution is -2.18. The van der Waals surface area contributed by atoms with Crippen molar-refractivity contribution < 1.29 is 5.11 Å². The lowest BCUT2D eigenvalue weighted by atomic mass is 10.2. The van der Waals surface area contributed by atoms with Gasteiger partial charge in [-0.25, -0.2) is 0 Å². The molecule has 0 aliphatic carbocycles. The Morgan fingerprint density at radius 2 is 1.78 bits per heavy atom. The van der Waals surface area contributed by atoms with Gasteiger partial charge in [0.1, 0.15) is 0 Å². The maximum absolute atomic E-state index is 9.50. The van der Waals surface area contributed by atoms with Gasteiger partial charge in [0.05, 0.1) is 11.8 Å². The maximum atomic E-state index is 9.50. The van der Waals surface area contributed by atoms with E-state index in [1.807, 2.05) is 59.2 Å². The highest BCUT2D eigenvalue weighted by molar-refractivity contribution is 6.30. The molecule has 1 unspecified atom stereocenters. The highest BCUT2D eigenvalue weighted by Gasteiger charge is 2.15. The molecule has 1 aromatic heterocycles. The third-order valence-corrected chi connectivity index (χ3v) is 3.59. The van der Waals surface area contributed by atoms with Crippen LogP contribution in [-0.2, 0) is 0 Å². The van der Waals surface area contributed by atoms with Crippen molar-refractivity contribution in [2.75, 3.05) is 11.9 Å². The highest BCUT2D eigenvalue weighted by Crippen LogP contribution is 2.25. The van der Waals surface area contributed by atoms with E-state index in [1.54, 1.807) is 6.92 Å². The van der Waals surface area contributed by atoms with Crippen molar-refractivity contribution in [2.45, 2.75) is 13.0 Å². The van der Waals surface area contributed by atoms with Crippen LogP contribution in [0.5, 0.6) is 0 Å². The number of nitrogens with zero attached hydrogens (tertiary/aromatic N) is 3. The second kappa shape index (κ2) is 6.81. The molecule has 118 valence electrons. The molecular weight excluding hydrogens is 312 g/mol. The van der Waals surface area contributed by atoms with Crippen molar-refractivity contribution >= 4 is 17.5 Å². The predicted molar refractivity (Wildman–Crippen MR) is 92.0 cm³/mol. The third-order valence-electron chi connectivity index (χ3n) is 3.34. The first-order valence-corrected chi connectivity index (χ1v) is 7.71. The number of nitrogens with one attached hydrogen (secondary N) is 1. The van der Waals surface area contributed by atoms with Crippen LogP contribution >= 0.6 is 11.6 Å². The van der Waals surface area contributed by atoms with Crippen molar-refractivity contribution in [3.63, 3.8) is 0 Å². The quantitative estimate of drug-likeness (QED) is 0.753. The second-order valence-electron chi connectivity index (χ2n) is 5.25. The summed E-state index contributed by atoms with van der Waals surface area (Å²) in [5.74, 6) is 1.30. The van der Waals surface area contributed by atoms with Gasteiger partial charge in [0.25, 0.3) is 0 Å². The monoisotopic (exact) mass is 328 g/mol. The lowest BCUT2D eigenvalue weighted by molar-refractivity contribution is 0.208. The van der Waals surface area contributed by atoms with Crippen molar-refractivity contribution in [3.05, 3.63) is 59.6 Å². The van der Waals surface area contributed by atoms with Crippen LogP contribution in [0.1, 0.15) is 6.92 Å². The molecule has 0 saturated carbocycles. The number of hydrogen-bond acceptors (Lipinski definition) is 4. The van der Waals surface area contributed by atoms with E-state index in [9.17, 15) is 5.11 Å². The number of aliphatic hydroxyl groups is 1. The SMILES string of the molecule is CC(O)CNc1nnc(-c2ccccc2)n1-c1ccc(Cl)cc1. The summed E-state index contributed by atoms with van der Waals surface area (Å²) in [5.41, 5.74) is 1.85. The van der Waals surface area contributed by atoms with Gasteiger partial charge in [-0.3, -0.25) is 4.57 Å². The molecule has 0 radical (unpaired) electrons. The van der Waals surface area contributed by atoms with Gasteiger partial charge < -0.3 is 10.4 Å². The van der Waals surface area contributed by atoms with Gasteiger partial charge in [0.2, 0.25) is 5.95 Å². The summed E-state index contributed by atoms with van der Waals surface area (Å²) in [4.78, 5) is 0.